The van der Waals surface area contributed by atoms with Gasteiger partial charge in [0.15, 0.2) is 23.2 Å². The van der Waals surface area contributed by atoms with Crippen LogP contribution >= 0.6 is 0 Å². The smallest absolute Gasteiger partial charge is 0.167 e. The quantitative estimate of drug-likeness (QED) is 0.246. The van der Waals surface area contributed by atoms with E-state index in [4.69, 9.17) is 14.2 Å². The topological polar surface area (TPSA) is 27.7 Å². The van der Waals surface area contributed by atoms with Crippen molar-refractivity contribution in [2.24, 2.45) is 0 Å². The standard InChI is InChI=1S/C29H25F3O3/c1-3-33-22-10-6-20(7-11-22)24-14-15-25(29(32)28(24)31)21-8-12-23(13-9-21)35-18-19-5-16-27(34-4-2)26(30)17-19/h5-17H,3-4,18H2,1-2H3. The third kappa shape index (κ3) is 5.60. The van der Waals surface area contributed by atoms with E-state index in [0.29, 0.717) is 41.4 Å². The summed E-state index contributed by atoms with van der Waals surface area (Å²) in [5.74, 6) is -0.893. The van der Waals surface area contributed by atoms with Gasteiger partial charge in [0.2, 0.25) is 0 Å². The molecule has 35 heavy (non-hydrogen) atoms. The van der Waals surface area contributed by atoms with E-state index < -0.39 is 17.5 Å². The minimum Gasteiger partial charge on any atom is -0.494 e. The lowest BCUT2D eigenvalue weighted by atomic mass is 9.98. The molecule has 0 unspecified atom stereocenters. The fourth-order valence-corrected chi connectivity index (χ4v) is 3.70. The Morgan fingerprint density at radius 2 is 1.09 bits per heavy atom. The predicted molar refractivity (Wildman–Crippen MR) is 130 cm³/mol. The van der Waals surface area contributed by atoms with Crippen molar-refractivity contribution in [2.45, 2.75) is 20.5 Å². The van der Waals surface area contributed by atoms with Crippen LogP contribution in [-0.4, -0.2) is 13.2 Å². The highest BCUT2D eigenvalue weighted by atomic mass is 19.2. The summed E-state index contributed by atoms with van der Waals surface area (Å²) >= 11 is 0. The summed E-state index contributed by atoms with van der Waals surface area (Å²) in [5, 5.41) is 0. The molecule has 0 atom stereocenters. The van der Waals surface area contributed by atoms with Gasteiger partial charge < -0.3 is 14.2 Å². The van der Waals surface area contributed by atoms with Gasteiger partial charge in [0, 0.05) is 11.1 Å². The van der Waals surface area contributed by atoms with Crippen LogP contribution in [0, 0.1) is 17.5 Å². The highest BCUT2D eigenvalue weighted by Gasteiger charge is 2.16. The van der Waals surface area contributed by atoms with Crippen LogP contribution in [0.1, 0.15) is 19.4 Å². The van der Waals surface area contributed by atoms with Crippen molar-refractivity contribution in [1.82, 2.24) is 0 Å². The lowest BCUT2D eigenvalue weighted by Crippen LogP contribution is -1.99. The van der Waals surface area contributed by atoms with E-state index in [2.05, 4.69) is 0 Å². The van der Waals surface area contributed by atoms with Gasteiger partial charge in [-0.1, -0.05) is 42.5 Å². The molecule has 0 N–H and O–H groups in total. The molecule has 6 heteroatoms. The average Bonchev–Trinajstić information content (AvgIpc) is 2.87. The summed E-state index contributed by atoms with van der Waals surface area (Å²) in [7, 11) is 0. The van der Waals surface area contributed by atoms with E-state index in [-0.39, 0.29) is 23.5 Å². The summed E-state index contributed by atoms with van der Waals surface area (Å²) in [4.78, 5) is 0. The van der Waals surface area contributed by atoms with Gasteiger partial charge in [0.05, 0.1) is 13.2 Å². The zero-order chi connectivity index (χ0) is 24.8. The van der Waals surface area contributed by atoms with E-state index in [1.165, 1.54) is 6.07 Å². The molecule has 0 amide bonds. The number of halogens is 3. The van der Waals surface area contributed by atoms with Gasteiger partial charge in [-0.3, -0.25) is 0 Å². The second-order valence-corrected chi connectivity index (χ2v) is 7.76. The van der Waals surface area contributed by atoms with Crippen molar-refractivity contribution in [3.63, 3.8) is 0 Å². The third-order valence-corrected chi connectivity index (χ3v) is 5.43. The number of hydrogen-bond donors (Lipinski definition) is 0. The van der Waals surface area contributed by atoms with Crippen LogP contribution in [-0.2, 0) is 6.61 Å². The Balaban J connectivity index is 1.47. The van der Waals surface area contributed by atoms with Crippen molar-refractivity contribution in [2.75, 3.05) is 13.2 Å². The van der Waals surface area contributed by atoms with Crippen LogP contribution in [0.4, 0.5) is 13.2 Å². The molecule has 0 aliphatic rings. The average molecular weight is 479 g/mol. The van der Waals surface area contributed by atoms with E-state index in [9.17, 15) is 13.2 Å². The summed E-state index contributed by atoms with van der Waals surface area (Å²) < 4.78 is 60.2. The first-order valence-electron chi connectivity index (χ1n) is 11.4. The molecule has 0 aliphatic carbocycles. The molecular formula is C29H25F3O3. The minimum atomic E-state index is -0.921. The Bertz CT molecular complexity index is 1290. The highest BCUT2D eigenvalue weighted by molar-refractivity contribution is 5.72. The van der Waals surface area contributed by atoms with Crippen molar-refractivity contribution < 1.29 is 27.4 Å². The van der Waals surface area contributed by atoms with Gasteiger partial charge >= 0.3 is 0 Å². The molecule has 0 aliphatic heterocycles. The largest absolute Gasteiger partial charge is 0.494 e. The normalized spacial score (nSPS) is 10.8. The van der Waals surface area contributed by atoms with Crippen LogP contribution in [0.25, 0.3) is 22.3 Å². The van der Waals surface area contributed by atoms with E-state index >= 15 is 0 Å². The van der Waals surface area contributed by atoms with Gasteiger partial charge in [-0.2, -0.15) is 0 Å². The molecule has 180 valence electrons. The maximum Gasteiger partial charge on any atom is 0.167 e. The van der Waals surface area contributed by atoms with Crippen LogP contribution in [0.5, 0.6) is 17.2 Å². The molecule has 0 saturated heterocycles. The Morgan fingerprint density at radius 1 is 0.571 bits per heavy atom. The summed E-state index contributed by atoms with van der Waals surface area (Å²) in [5.41, 5.74) is 2.05. The Hall–Kier alpha value is -3.93. The fourth-order valence-electron chi connectivity index (χ4n) is 3.70. The van der Waals surface area contributed by atoms with Gasteiger partial charge in [0.1, 0.15) is 18.1 Å². The van der Waals surface area contributed by atoms with Crippen LogP contribution in [0.2, 0.25) is 0 Å². The predicted octanol–water partition coefficient (Wildman–Crippen LogP) is 7.81. The molecular weight excluding hydrogens is 453 g/mol. The summed E-state index contributed by atoms with van der Waals surface area (Å²) in [6.07, 6.45) is 0. The molecule has 0 heterocycles. The Kier molecular flexibility index (Phi) is 7.60. The van der Waals surface area contributed by atoms with Crippen LogP contribution in [0.15, 0.2) is 78.9 Å². The third-order valence-electron chi connectivity index (χ3n) is 5.43. The molecule has 0 fully saturated rings. The molecule has 0 saturated carbocycles. The first-order chi connectivity index (χ1) is 17.0. The summed E-state index contributed by atoms with van der Waals surface area (Å²) in [6.45, 7) is 4.73. The fraction of sp³-hybridized carbons (Fsp3) is 0.172. The number of rotatable bonds is 9. The van der Waals surface area contributed by atoms with E-state index in [0.717, 1.165) is 0 Å². The zero-order valence-electron chi connectivity index (χ0n) is 19.5. The van der Waals surface area contributed by atoms with Crippen LogP contribution < -0.4 is 14.2 Å². The summed E-state index contributed by atoms with van der Waals surface area (Å²) in [6, 6.07) is 21.3. The molecule has 4 aromatic carbocycles. The van der Waals surface area contributed by atoms with E-state index in [1.807, 2.05) is 6.92 Å². The highest BCUT2D eigenvalue weighted by Crippen LogP contribution is 2.33. The Morgan fingerprint density at radius 3 is 1.57 bits per heavy atom. The molecule has 4 rings (SSSR count). The molecule has 0 bridgehead atoms. The molecule has 0 radical (unpaired) electrons. The number of benzene rings is 4. The Labute approximate surface area is 202 Å². The van der Waals surface area contributed by atoms with Crippen LogP contribution in [0.3, 0.4) is 0 Å². The molecule has 0 spiro atoms. The second-order valence-electron chi connectivity index (χ2n) is 7.76. The first kappa shape index (κ1) is 24.2. The lowest BCUT2D eigenvalue weighted by molar-refractivity contribution is 0.302. The van der Waals surface area contributed by atoms with Crippen molar-refractivity contribution in [3.8, 4) is 39.5 Å². The van der Waals surface area contributed by atoms with Crippen molar-refractivity contribution in [3.05, 3.63) is 102 Å². The molecule has 4 aromatic rings. The number of hydrogen-bond acceptors (Lipinski definition) is 3. The molecule has 3 nitrogen and oxygen atoms in total. The zero-order valence-corrected chi connectivity index (χ0v) is 19.5. The monoisotopic (exact) mass is 478 g/mol. The minimum absolute atomic E-state index is 0.150. The van der Waals surface area contributed by atoms with Gasteiger partial charge in [0.25, 0.3) is 0 Å². The second kappa shape index (κ2) is 11.0. The van der Waals surface area contributed by atoms with E-state index in [1.54, 1.807) is 79.7 Å². The lowest BCUT2D eigenvalue weighted by Gasteiger charge is -2.11. The van der Waals surface area contributed by atoms with Gasteiger partial charge in [-0.05, 0) is 66.9 Å². The maximum atomic E-state index is 15.0. The maximum absolute atomic E-state index is 15.0. The number of ether oxygens (including phenoxy) is 3. The SMILES string of the molecule is CCOc1ccc(-c2ccc(-c3ccc(OCc4ccc(OCC)c(F)c4)cc3)c(F)c2F)cc1. The first-order valence-corrected chi connectivity index (χ1v) is 11.4. The van der Waals surface area contributed by atoms with Crippen molar-refractivity contribution >= 4 is 0 Å². The van der Waals surface area contributed by atoms with Gasteiger partial charge in [-0.25, -0.2) is 13.2 Å². The molecule has 0 aromatic heterocycles. The van der Waals surface area contributed by atoms with Crippen molar-refractivity contribution in [1.29, 1.82) is 0 Å². The van der Waals surface area contributed by atoms with Gasteiger partial charge in [-0.15, -0.1) is 0 Å².